The Morgan fingerprint density at radius 3 is 2.58 bits per heavy atom. The zero-order valence-corrected chi connectivity index (χ0v) is 15.6. The van der Waals surface area contributed by atoms with Crippen LogP contribution in [0.1, 0.15) is 51.9 Å². The van der Waals surface area contributed by atoms with Crippen LogP contribution >= 0.6 is 11.6 Å². The first-order valence-electron chi connectivity index (χ1n) is 8.54. The van der Waals surface area contributed by atoms with Crippen LogP contribution in [0, 0.1) is 0 Å². The molecule has 1 heterocycles. The number of benzene rings is 1. The van der Waals surface area contributed by atoms with Crippen LogP contribution in [-0.2, 0) is 14.8 Å². The molecule has 134 valence electrons. The van der Waals surface area contributed by atoms with E-state index in [2.05, 4.69) is 12.2 Å². The molecule has 0 bridgehead atoms. The van der Waals surface area contributed by atoms with E-state index in [1.807, 2.05) is 0 Å². The molecule has 1 aliphatic heterocycles. The number of hydrogen-bond donors (Lipinski definition) is 1. The van der Waals surface area contributed by atoms with E-state index in [1.165, 1.54) is 16.4 Å². The predicted molar refractivity (Wildman–Crippen MR) is 96.8 cm³/mol. The van der Waals surface area contributed by atoms with Crippen LogP contribution in [0.3, 0.4) is 0 Å². The Morgan fingerprint density at radius 1 is 1.21 bits per heavy atom. The molecule has 0 aliphatic carbocycles. The van der Waals surface area contributed by atoms with Crippen molar-refractivity contribution in [1.29, 1.82) is 0 Å². The Morgan fingerprint density at radius 2 is 1.92 bits per heavy atom. The van der Waals surface area contributed by atoms with Gasteiger partial charge in [0.2, 0.25) is 15.9 Å². The fourth-order valence-corrected chi connectivity index (χ4v) is 4.80. The highest BCUT2D eigenvalue weighted by Gasteiger charge is 2.28. The Balaban J connectivity index is 2.14. The number of nitrogens with zero attached hydrogens (tertiary/aromatic N) is 1. The summed E-state index contributed by atoms with van der Waals surface area (Å²) in [6, 6.07) is 4.62. The molecule has 5 nitrogen and oxygen atoms in total. The summed E-state index contributed by atoms with van der Waals surface area (Å²) in [5, 5.41) is 2.95. The summed E-state index contributed by atoms with van der Waals surface area (Å²) in [5.74, 6) is -0.105. The maximum absolute atomic E-state index is 12.8. The summed E-state index contributed by atoms with van der Waals surface area (Å²) in [6.07, 6.45) is 6.09. The Kier molecular flexibility index (Phi) is 7.07. The minimum Gasteiger partial charge on any atom is -0.326 e. The Hall–Kier alpha value is -1.11. The van der Waals surface area contributed by atoms with Gasteiger partial charge in [-0.15, -0.1) is 0 Å². The van der Waals surface area contributed by atoms with Crippen molar-refractivity contribution in [3.63, 3.8) is 0 Å². The van der Waals surface area contributed by atoms with Crippen LogP contribution in [0.2, 0.25) is 5.02 Å². The first kappa shape index (κ1) is 19.2. The van der Waals surface area contributed by atoms with E-state index in [1.54, 1.807) is 6.07 Å². The van der Waals surface area contributed by atoms with E-state index in [4.69, 9.17) is 11.6 Å². The number of rotatable bonds is 7. The van der Waals surface area contributed by atoms with Gasteiger partial charge in [0.1, 0.15) is 4.90 Å². The number of carbonyl (C=O) groups is 1. The zero-order chi connectivity index (χ0) is 17.6. The van der Waals surface area contributed by atoms with Gasteiger partial charge < -0.3 is 5.32 Å². The third-order valence-corrected chi connectivity index (χ3v) is 6.54. The molecule has 1 N–H and O–H groups in total. The molecular weight excluding hydrogens is 348 g/mol. The first-order chi connectivity index (χ1) is 11.4. The molecule has 1 aromatic rings. The largest absolute Gasteiger partial charge is 0.326 e. The maximum atomic E-state index is 12.8. The lowest BCUT2D eigenvalue weighted by molar-refractivity contribution is -0.116. The second-order valence-electron chi connectivity index (χ2n) is 6.12. The lowest BCUT2D eigenvalue weighted by atomic mass is 10.2. The van der Waals surface area contributed by atoms with Gasteiger partial charge in [0.05, 0.1) is 5.02 Å². The lowest BCUT2D eigenvalue weighted by Gasteiger charge is -2.26. The minimum absolute atomic E-state index is 0.0671. The van der Waals surface area contributed by atoms with E-state index in [-0.39, 0.29) is 15.8 Å². The van der Waals surface area contributed by atoms with Gasteiger partial charge in [-0.1, -0.05) is 37.8 Å². The van der Waals surface area contributed by atoms with Gasteiger partial charge in [0.25, 0.3) is 0 Å². The molecule has 0 atom stereocenters. The molecule has 0 aromatic heterocycles. The molecule has 7 heteroatoms. The summed E-state index contributed by atoms with van der Waals surface area (Å²) in [4.78, 5) is 12.0. The smallest absolute Gasteiger partial charge is 0.244 e. The lowest BCUT2D eigenvalue weighted by Crippen LogP contribution is -2.35. The van der Waals surface area contributed by atoms with Crippen molar-refractivity contribution >= 4 is 33.2 Å². The highest BCUT2D eigenvalue weighted by Crippen LogP contribution is 2.29. The van der Waals surface area contributed by atoms with Crippen molar-refractivity contribution in [1.82, 2.24) is 4.31 Å². The van der Waals surface area contributed by atoms with Gasteiger partial charge in [-0.2, -0.15) is 4.31 Å². The zero-order valence-electron chi connectivity index (χ0n) is 14.1. The molecule has 24 heavy (non-hydrogen) atoms. The molecule has 1 saturated heterocycles. The van der Waals surface area contributed by atoms with Gasteiger partial charge in [-0.05, 0) is 37.5 Å². The molecule has 1 fully saturated rings. The Bertz CT molecular complexity index is 670. The molecule has 0 saturated carbocycles. The van der Waals surface area contributed by atoms with Crippen LogP contribution in [0.15, 0.2) is 23.1 Å². The fraction of sp³-hybridized carbons (Fsp3) is 0.588. The Labute approximate surface area is 149 Å². The van der Waals surface area contributed by atoms with Crippen LogP contribution in [-0.4, -0.2) is 31.7 Å². The van der Waals surface area contributed by atoms with E-state index >= 15 is 0 Å². The van der Waals surface area contributed by atoms with Gasteiger partial charge in [-0.3, -0.25) is 4.79 Å². The van der Waals surface area contributed by atoms with Crippen LogP contribution in [0.5, 0.6) is 0 Å². The predicted octanol–water partition coefficient (Wildman–Crippen LogP) is 4.03. The minimum atomic E-state index is -3.62. The number of nitrogens with one attached hydrogen (secondary N) is 1. The summed E-state index contributed by atoms with van der Waals surface area (Å²) < 4.78 is 27.0. The molecule has 1 amide bonds. The SMILES string of the molecule is CCCCCC(=O)Nc1ccc(Cl)c(S(=O)(=O)N2CCCCC2)c1. The van der Waals surface area contributed by atoms with Gasteiger partial charge >= 0.3 is 0 Å². The number of sulfonamides is 1. The second kappa shape index (κ2) is 8.83. The van der Waals surface area contributed by atoms with Crippen molar-refractivity contribution < 1.29 is 13.2 Å². The molecule has 1 aliphatic rings. The van der Waals surface area contributed by atoms with E-state index < -0.39 is 10.0 Å². The third kappa shape index (κ3) is 4.94. The van der Waals surface area contributed by atoms with E-state index in [0.29, 0.717) is 25.2 Å². The monoisotopic (exact) mass is 372 g/mol. The van der Waals surface area contributed by atoms with Crippen molar-refractivity contribution in [3.05, 3.63) is 23.2 Å². The highest BCUT2D eigenvalue weighted by molar-refractivity contribution is 7.89. The number of halogens is 1. The van der Waals surface area contributed by atoms with Crippen LogP contribution in [0.25, 0.3) is 0 Å². The molecule has 0 radical (unpaired) electrons. The van der Waals surface area contributed by atoms with Gasteiger partial charge in [-0.25, -0.2) is 8.42 Å². The number of unbranched alkanes of at least 4 members (excludes halogenated alkanes) is 2. The number of hydrogen-bond acceptors (Lipinski definition) is 3. The quantitative estimate of drug-likeness (QED) is 0.734. The van der Waals surface area contributed by atoms with Crippen LogP contribution < -0.4 is 5.32 Å². The molecular formula is C17H25ClN2O3S. The molecule has 2 rings (SSSR count). The number of amides is 1. The number of piperidine rings is 1. The average molecular weight is 373 g/mol. The summed E-state index contributed by atoms with van der Waals surface area (Å²) in [5.41, 5.74) is 0.469. The summed E-state index contributed by atoms with van der Waals surface area (Å²) in [7, 11) is -3.62. The molecule has 0 unspecified atom stereocenters. The second-order valence-corrected chi connectivity index (χ2v) is 8.43. The normalized spacial score (nSPS) is 16.1. The van der Waals surface area contributed by atoms with Gasteiger partial charge in [0.15, 0.2) is 0 Å². The van der Waals surface area contributed by atoms with E-state index in [0.717, 1.165) is 38.5 Å². The summed E-state index contributed by atoms with van der Waals surface area (Å²) in [6.45, 7) is 3.12. The third-order valence-electron chi connectivity index (χ3n) is 4.16. The number of anilines is 1. The van der Waals surface area contributed by atoms with Crippen molar-refractivity contribution in [2.24, 2.45) is 0 Å². The average Bonchev–Trinajstić information content (AvgIpc) is 2.57. The molecule has 1 aromatic carbocycles. The number of carbonyl (C=O) groups excluding carboxylic acids is 1. The standard InChI is InChI=1S/C17H25ClN2O3S/c1-2-3-5-8-17(21)19-14-9-10-15(18)16(13-14)24(22,23)20-11-6-4-7-12-20/h9-10,13H,2-8,11-12H2,1H3,(H,19,21). The van der Waals surface area contributed by atoms with Crippen molar-refractivity contribution in [3.8, 4) is 0 Å². The van der Waals surface area contributed by atoms with E-state index in [9.17, 15) is 13.2 Å². The van der Waals surface area contributed by atoms with Crippen LogP contribution in [0.4, 0.5) is 5.69 Å². The summed E-state index contributed by atoms with van der Waals surface area (Å²) >= 11 is 6.12. The fourth-order valence-electron chi connectivity index (χ4n) is 2.78. The van der Waals surface area contributed by atoms with Crippen molar-refractivity contribution in [2.75, 3.05) is 18.4 Å². The first-order valence-corrected chi connectivity index (χ1v) is 10.4. The highest BCUT2D eigenvalue weighted by atomic mass is 35.5. The molecule has 0 spiro atoms. The van der Waals surface area contributed by atoms with Crippen molar-refractivity contribution in [2.45, 2.75) is 56.8 Å². The topological polar surface area (TPSA) is 66.5 Å². The maximum Gasteiger partial charge on any atom is 0.244 e. The van der Waals surface area contributed by atoms with Gasteiger partial charge in [0, 0.05) is 25.2 Å².